The summed E-state index contributed by atoms with van der Waals surface area (Å²) in [4.78, 5) is 12.0. The van der Waals surface area contributed by atoms with E-state index in [2.05, 4.69) is 19.9 Å². The minimum absolute atomic E-state index is 0.306. The monoisotopic (exact) mass is 405 g/mol. The van der Waals surface area contributed by atoms with Gasteiger partial charge in [0.2, 0.25) is 0 Å². The molecule has 0 spiro atoms. The molecule has 81 valence electrons. The van der Waals surface area contributed by atoms with E-state index in [4.69, 9.17) is 2.64 Å². The SMILES string of the molecule is CCc1cc([O][Hg])cc2c1C(=O)CCC2C. The van der Waals surface area contributed by atoms with Crippen molar-refractivity contribution in [1.82, 2.24) is 0 Å². The molecule has 2 nitrogen and oxygen atoms in total. The van der Waals surface area contributed by atoms with Gasteiger partial charge in [-0.2, -0.15) is 0 Å². The third-order valence-corrected chi connectivity index (χ3v) is 4.68. The van der Waals surface area contributed by atoms with E-state index in [0.29, 0.717) is 44.7 Å². The van der Waals surface area contributed by atoms with Crippen LogP contribution in [-0.4, -0.2) is 5.78 Å². The van der Waals surface area contributed by atoms with E-state index in [0.717, 1.165) is 29.7 Å². The molecule has 0 saturated carbocycles. The summed E-state index contributed by atoms with van der Waals surface area (Å²) in [6, 6.07) is 4.12. The first kappa shape index (κ1) is 12.1. The minimum atomic E-state index is 0.306. The molecule has 0 aliphatic heterocycles. The summed E-state index contributed by atoms with van der Waals surface area (Å²) in [5.41, 5.74) is 3.35. The summed E-state index contributed by atoms with van der Waals surface area (Å²) in [7, 11) is 0. The van der Waals surface area contributed by atoms with Crippen LogP contribution in [0.3, 0.4) is 0 Å². The Kier molecular flexibility index (Phi) is 3.68. The Balaban J connectivity index is 2.62. The van der Waals surface area contributed by atoms with Crippen molar-refractivity contribution in [2.75, 3.05) is 0 Å². The van der Waals surface area contributed by atoms with Gasteiger partial charge in [-0.25, -0.2) is 0 Å². The molecule has 1 aromatic rings. The van der Waals surface area contributed by atoms with Gasteiger partial charge in [0, 0.05) is 0 Å². The average Bonchev–Trinajstić information content (AvgIpc) is 2.32. The number of hydrogen-bond donors (Lipinski definition) is 0. The molecule has 1 atom stereocenters. The molecule has 0 amide bonds. The molecule has 0 bridgehead atoms. The fourth-order valence-electron chi connectivity index (χ4n) is 2.42. The second kappa shape index (κ2) is 4.86. The van der Waals surface area contributed by atoms with Gasteiger partial charge >= 0.3 is 113 Å². The summed E-state index contributed by atoms with van der Waals surface area (Å²) in [5, 5.41) is 0. The molecule has 3 heteroatoms. The van der Waals surface area contributed by atoms with E-state index in [1.165, 1.54) is 5.56 Å². The Labute approximate surface area is 113 Å². The van der Waals surface area contributed by atoms with Gasteiger partial charge in [-0.3, -0.25) is 0 Å². The van der Waals surface area contributed by atoms with Gasteiger partial charge < -0.3 is 0 Å². The summed E-state index contributed by atoms with van der Waals surface area (Å²) >= 11 is 0.306. The standard InChI is InChI=1S/C13H16O2.Hg/c1-3-9-6-10(14)7-11-8(2)4-5-12(15)13(9)11;/h6-8,14H,3-5H2,1-2H3;/q;+1/p-1. The van der Waals surface area contributed by atoms with E-state index >= 15 is 0 Å². The van der Waals surface area contributed by atoms with Crippen molar-refractivity contribution in [2.45, 2.75) is 39.0 Å². The zero-order valence-electron chi connectivity index (χ0n) is 9.88. The molecule has 0 N–H and O–H groups in total. The topological polar surface area (TPSA) is 26.3 Å². The summed E-state index contributed by atoms with van der Waals surface area (Å²) in [5.74, 6) is 1.76. The van der Waals surface area contributed by atoms with Crippen LogP contribution < -0.4 is 2.64 Å². The van der Waals surface area contributed by atoms with E-state index in [9.17, 15) is 4.79 Å². The third kappa shape index (κ3) is 2.04. The summed E-state index contributed by atoms with van der Waals surface area (Å²) in [6.07, 6.45) is 2.58. The maximum atomic E-state index is 12.0. The summed E-state index contributed by atoms with van der Waals surface area (Å²) < 4.78 is 5.49. The molecule has 0 radical (unpaired) electrons. The first-order valence-corrected chi connectivity index (χ1v) is 8.03. The predicted molar refractivity (Wildman–Crippen MR) is 58.4 cm³/mol. The molecule has 0 fully saturated rings. The van der Waals surface area contributed by atoms with Gasteiger partial charge in [-0.15, -0.1) is 0 Å². The molecule has 0 aromatic heterocycles. The van der Waals surface area contributed by atoms with Crippen LogP contribution in [0.1, 0.15) is 54.1 Å². The van der Waals surface area contributed by atoms with Crippen LogP contribution in [0.4, 0.5) is 0 Å². The van der Waals surface area contributed by atoms with Gasteiger partial charge in [-0.1, -0.05) is 0 Å². The Morgan fingerprint density at radius 2 is 2.25 bits per heavy atom. The zero-order valence-corrected chi connectivity index (χ0v) is 15.4. The van der Waals surface area contributed by atoms with Crippen molar-refractivity contribution >= 4 is 5.78 Å². The molecular formula is C13H15HgO2. The first-order valence-electron chi connectivity index (χ1n) is 5.79. The van der Waals surface area contributed by atoms with Crippen LogP contribution in [-0.2, 0) is 33.0 Å². The van der Waals surface area contributed by atoms with E-state index < -0.39 is 0 Å². The van der Waals surface area contributed by atoms with Crippen LogP contribution in [0.15, 0.2) is 12.1 Å². The number of Topliss-reactive ketones (excluding diaryl/α,β-unsaturated/α-hetero) is 1. The Morgan fingerprint density at radius 1 is 1.50 bits per heavy atom. The van der Waals surface area contributed by atoms with Crippen molar-refractivity contribution in [2.24, 2.45) is 0 Å². The Bertz CT molecular complexity index is 426. The normalized spacial score (nSPS) is 19.5. The molecule has 0 heterocycles. The number of carbonyl (C=O) groups is 1. The van der Waals surface area contributed by atoms with Crippen LogP contribution in [0.2, 0.25) is 0 Å². The van der Waals surface area contributed by atoms with Crippen molar-refractivity contribution in [1.29, 1.82) is 0 Å². The molecule has 1 aliphatic carbocycles. The third-order valence-electron chi connectivity index (χ3n) is 3.39. The Hall–Kier alpha value is -0.375. The maximum absolute atomic E-state index is 12.0. The number of hydrogen-bond acceptors (Lipinski definition) is 2. The van der Waals surface area contributed by atoms with Gasteiger partial charge in [0.05, 0.1) is 0 Å². The molecule has 16 heavy (non-hydrogen) atoms. The number of benzene rings is 1. The van der Waals surface area contributed by atoms with Crippen molar-refractivity contribution in [3.8, 4) is 5.75 Å². The molecule has 2 rings (SSSR count). The second-order valence-corrected chi connectivity index (χ2v) is 5.53. The van der Waals surface area contributed by atoms with Gasteiger partial charge in [0.25, 0.3) is 0 Å². The van der Waals surface area contributed by atoms with E-state index in [-0.39, 0.29) is 0 Å². The van der Waals surface area contributed by atoms with Crippen LogP contribution in [0, 0.1) is 0 Å². The number of carbonyl (C=O) groups excluding carboxylic acids is 1. The zero-order chi connectivity index (χ0) is 11.7. The number of fused-ring (bicyclic) bond motifs is 1. The van der Waals surface area contributed by atoms with E-state index in [1.807, 2.05) is 6.07 Å². The fourth-order valence-corrected chi connectivity index (χ4v) is 3.06. The van der Waals surface area contributed by atoms with Crippen molar-refractivity contribution in [3.05, 3.63) is 28.8 Å². The quantitative estimate of drug-likeness (QED) is 0.709. The Morgan fingerprint density at radius 3 is 2.88 bits per heavy atom. The van der Waals surface area contributed by atoms with Gasteiger partial charge in [0.1, 0.15) is 0 Å². The molecular weight excluding hydrogens is 389 g/mol. The fraction of sp³-hybridized carbons (Fsp3) is 0.462. The van der Waals surface area contributed by atoms with Crippen LogP contribution >= 0.6 is 0 Å². The molecule has 1 unspecified atom stereocenters. The number of rotatable bonds is 2. The van der Waals surface area contributed by atoms with Crippen molar-refractivity contribution < 1.29 is 34.0 Å². The van der Waals surface area contributed by atoms with Gasteiger partial charge in [0.15, 0.2) is 0 Å². The second-order valence-electron chi connectivity index (χ2n) is 4.41. The predicted octanol–water partition coefficient (Wildman–Crippen LogP) is 3.17. The van der Waals surface area contributed by atoms with E-state index in [1.54, 1.807) is 0 Å². The average molecular weight is 404 g/mol. The van der Waals surface area contributed by atoms with Crippen molar-refractivity contribution in [3.63, 3.8) is 0 Å². The molecule has 1 aliphatic rings. The molecule has 0 saturated heterocycles. The van der Waals surface area contributed by atoms with Crippen LogP contribution in [0.5, 0.6) is 5.75 Å². The number of ketones is 1. The summed E-state index contributed by atoms with van der Waals surface area (Å²) in [6.45, 7) is 4.30. The molecule has 1 aromatic carbocycles. The first-order chi connectivity index (χ1) is 7.67. The van der Waals surface area contributed by atoms with Gasteiger partial charge in [-0.05, 0) is 0 Å². The van der Waals surface area contributed by atoms with Crippen LogP contribution in [0.25, 0.3) is 0 Å². The number of aryl methyl sites for hydroxylation is 1.